The van der Waals surface area contributed by atoms with Crippen molar-refractivity contribution in [3.63, 3.8) is 0 Å². The normalized spacial score (nSPS) is 12.7. The third kappa shape index (κ3) is 38.0. The molecule has 0 aromatic heterocycles. The summed E-state index contributed by atoms with van der Waals surface area (Å²) in [6.45, 7) is 13.6. The lowest BCUT2D eigenvalue weighted by Crippen LogP contribution is -2.30. The Kier molecular flexibility index (Phi) is 35.6. The lowest BCUT2D eigenvalue weighted by molar-refractivity contribution is -0.167. The maximum absolute atomic E-state index is 12.7. The molecule has 0 aromatic carbocycles. The Morgan fingerprint density at radius 1 is 0.392 bits per heavy atom. The number of carbonyl (C=O) groups is 3. The fourth-order valence-corrected chi connectivity index (χ4v) is 6.49. The molecule has 0 saturated carbocycles. The predicted molar refractivity (Wildman–Crippen MR) is 215 cm³/mol. The highest BCUT2D eigenvalue weighted by Crippen LogP contribution is 2.17. The highest BCUT2D eigenvalue weighted by Gasteiger charge is 2.19. The highest BCUT2D eigenvalue weighted by atomic mass is 16.6. The van der Waals surface area contributed by atoms with Gasteiger partial charge in [0.2, 0.25) is 0 Å². The first-order chi connectivity index (χ1) is 24.6. The van der Waals surface area contributed by atoms with E-state index >= 15 is 0 Å². The summed E-state index contributed by atoms with van der Waals surface area (Å²) in [6.07, 6.45) is 32.4. The summed E-state index contributed by atoms with van der Waals surface area (Å²) < 4.78 is 16.7. The van der Waals surface area contributed by atoms with E-state index < -0.39 is 6.10 Å². The molecule has 51 heavy (non-hydrogen) atoms. The molecule has 0 N–H and O–H groups in total. The highest BCUT2D eigenvalue weighted by molar-refractivity contribution is 5.71. The number of carbonyl (C=O) groups excluding carboxylic acids is 3. The van der Waals surface area contributed by atoms with Gasteiger partial charge in [-0.05, 0) is 37.0 Å². The van der Waals surface area contributed by atoms with Gasteiger partial charge in [-0.2, -0.15) is 0 Å². The number of esters is 3. The smallest absolute Gasteiger partial charge is 0.306 e. The van der Waals surface area contributed by atoms with E-state index in [1.54, 1.807) is 0 Å². The van der Waals surface area contributed by atoms with Gasteiger partial charge in [0.05, 0.1) is 0 Å². The monoisotopic (exact) mass is 723 g/mol. The second-order valence-corrected chi connectivity index (χ2v) is 16.5. The SMILES string of the molecule is CCC(C)CCCCCCCCCCC(=O)OC[C@H](COC(=O)CCCCCCCCCC(C)C)OC(=O)CCCCCCCCCCC(C)C. The summed E-state index contributed by atoms with van der Waals surface area (Å²) in [5.74, 6) is 1.55. The van der Waals surface area contributed by atoms with Crippen LogP contribution in [0.3, 0.4) is 0 Å². The van der Waals surface area contributed by atoms with Gasteiger partial charge < -0.3 is 14.2 Å². The van der Waals surface area contributed by atoms with E-state index in [0.29, 0.717) is 19.3 Å². The third-order valence-electron chi connectivity index (χ3n) is 10.3. The Balaban J connectivity index is 4.36. The lowest BCUT2D eigenvalue weighted by atomic mass is 9.99. The van der Waals surface area contributed by atoms with Gasteiger partial charge in [0.1, 0.15) is 13.2 Å². The van der Waals surface area contributed by atoms with Gasteiger partial charge >= 0.3 is 17.9 Å². The second-order valence-electron chi connectivity index (χ2n) is 16.5. The van der Waals surface area contributed by atoms with E-state index in [1.807, 2.05) is 0 Å². The largest absolute Gasteiger partial charge is 0.462 e. The van der Waals surface area contributed by atoms with Crippen LogP contribution in [0, 0.1) is 17.8 Å². The second kappa shape index (κ2) is 36.8. The molecular formula is C45H86O6. The molecule has 0 fully saturated rings. The van der Waals surface area contributed by atoms with Gasteiger partial charge in [-0.1, -0.05) is 196 Å². The number of hydrogen-bond donors (Lipinski definition) is 0. The lowest BCUT2D eigenvalue weighted by Gasteiger charge is -2.18. The molecule has 6 nitrogen and oxygen atoms in total. The minimum atomic E-state index is -0.762. The molecule has 0 heterocycles. The minimum absolute atomic E-state index is 0.0673. The van der Waals surface area contributed by atoms with Crippen molar-refractivity contribution in [2.75, 3.05) is 13.2 Å². The molecule has 0 aromatic rings. The average molecular weight is 723 g/mol. The maximum atomic E-state index is 12.7. The van der Waals surface area contributed by atoms with Crippen LogP contribution in [0.4, 0.5) is 0 Å². The molecule has 0 aliphatic carbocycles. The zero-order valence-electron chi connectivity index (χ0n) is 34.9. The van der Waals surface area contributed by atoms with Crippen LogP contribution in [0.15, 0.2) is 0 Å². The van der Waals surface area contributed by atoms with E-state index in [0.717, 1.165) is 75.5 Å². The van der Waals surface area contributed by atoms with E-state index in [-0.39, 0.29) is 31.1 Å². The molecule has 2 atom stereocenters. The van der Waals surface area contributed by atoms with Crippen LogP contribution in [0.2, 0.25) is 0 Å². The van der Waals surface area contributed by atoms with Gasteiger partial charge in [-0.15, -0.1) is 0 Å². The summed E-state index contributed by atoms with van der Waals surface area (Å²) in [5, 5.41) is 0. The van der Waals surface area contributed by atoms with Crippen LogP contribution in [0.5, 0.6) is 0 Å². The summed E-state index contributed by atoms with van der Waals surface area (Å²) in [7, 11) is 0. The summed E-state index contributed by atoms with van der Waals surface area (Å²) in [6, 6.07) is 0. The molecule has 6 heteroatoms. The van der Waals surface area contributed by atoms with Gasteiger partial charge in [-0.25, -0.2) is 0 Å². The Hall–Kier alpha value is -1.59. The van der Waals surface area contributed by atoms with Crippen LogP contribution in [0.25, 0.3) is 0 Å². The Bertz CT molecular complexity index is 794. The zero-order valence-corrected chi connectivity index (χ0v) is 34.9. The third-order valence-corrected chi connectivity index (χ3v) is 10.3. The van der Waals surface area contributed by atoms with Crippen molar-refractivity contribution in [1.29, 1.82) is 0 Å². The fraction of sp³-hybridized carbons (Fsp3) is 0.933. The molecule has 0 radical (unpaired) electrons. The van der Waals surface area contributed by atoms with Gasteiger partial charge in [0, 0.05) is 19.3 Å². The first-order valence-corrected chi connectivity index (χ1v) is 22.1. The van der Waals surface area contributed by atoms with Crippen molar-refractivity contribution < 1.29 is 28.6 Å². The standard InChI is InChI=1S/C45H86O6/c1-7-41(6)33-27-21-15-9-11-16-22-28-34-43(46)49-37-42(38-50-44(47)35-29-23-18-12-14-20-26-32-40(4)5)51-45(48)36-30-24-17-10-8-13-19-25-31-39(2)3/h39-42H,7-38H2,1-6H3/t41?,42-/m1/s1. The van der Waals surface area contributed by atoms with Gasteiger partial charge in [-0.3, -0.25) is 14.4 Å². The van der Waals surface area contributed by atoms with Crippen molar-refractivity contribution in [3.05, 3.63) is 0 Å². The van der Waals surface area contributed by atoms with E-state index in [9.17, 15) is 14.4 Å². The van der Waals surface area contributed by atoms with Crippen molar-refractivity contribution >= 4 is 17.9 Å². The van der Waals surface area contributed by atoms with Gasteiger partial charge in [0.25, 0.3) is 0 Å². The summed E-state index contributed by atoms with van der Waals surface area (Å²) in [5.41, 5.74) is 0. The summed E-state index contributed by atoms with van der Waals surface area (Å²) >= 11 is 0. The molecule has 1 unspecified atom stereocenters. The van der Waals surface area contributed by atoms with Crippen molar-refractivity contribution in [3.8, 4) is 0 Å². The molecule has 0 amide bonds. The maximum Gasteiger partial charge on any atom is 0.306 e. The van der Waals surface area contributed by atoms with E-state index in [4.69, 9.17) is 14.2 Å². The van der Waals surface area contributed by atoms with E-state index in [1.165, 1.54) is 116 Å². The van der Waals surface area contributed by atoms with Crippen LogP contribution in [-0.2, 0) is 28.6 Å². The zero-order chi connectivity index (χ0) is 37.8. The van der Waals surface area contributed by atoms with Crippen LogP contribution < -0.4 is 0 Å². The van der Waals surface area contributed by atoms with Crippen molar-refractivity contribution in [1.82, 2.24) is 0 Å². The Labute approximate surface area is 317 Å². The topological polar surface area (TPSA) is 78.9 Å². The van der Waals surface area contributed by atoms with Gasteiger partial charge in [0.15, 0.2) is 6.10 Å². The first-order valence-electron chi connectivity index (χ1n) is 22.1. The summed E-state index contributed by atoms with van der Waals surface area (Å²) in [4.78, 5) is 37.6. The van der Waals surface area contributed by atoms with Crippen molar-refractivity contribution in [2.45, 2.75) is 240 Å². The minimum Gasteiger partial charge on any atom is -0.462 e. The number of unbranched alkanes of at least 4 members (excludes halogenated alkanes) is 20. The quantitative estimate of drug-likeness (QED) is 0.0359. The van der Waals surface area contributed by atoms with Crippen molar-refractivity contribution in [2.24, 2.45) is 17.8 Å². The molecule has 0 spiro atoms. The Morgan fingerprint density at radius 2 is 0.686 bits per heavy atom. The predicted octanol–water partition coefficient (Wildman–Crippen LogP) is 13.7. The number of hydrogen-bond acceptors (Lipinski definition) is 6. The van der Waals surface area contributed by atoms with E-state index in [2.05, 4.69) is 41.5 Å². The number of rotatable bonds is 38. The van der Waals surface area contributed by atoms with Crippen LogP contribution >= 0.6 is 0 Å². The average Bonchev–Trinajstić information content (AvgIpc) is 3.09. The van der Waals surface area contributed by atoms with Crippen LogP contribution in [-0.4, -0.2) is 37.2 Å². The molecule has 0 bridgehead atoms. The molecule has 302 valence electrons. The molecule has 0 saturated heterocycles. The molecule has 0 aliphatic heterocycles. The molecular weight excluding hydrogens is 636 g/mol. The first kappa shape index (κ1) is 49.4. The molecule has 0 rings (SSSR count). The van der Waals surface area contributed by atoms with Crippen LogP contribution in [0.1, 0.15) is 234 Å². The molecule has 0 aliphatic rings. The number of ether oxygens (including phenoxy) is 3. The Morgan fingerprint density at radius 3 is 1.02 bits per heavy atom. The fourth-order valence-electron chi connectivity index (χ4n) is 6.49.